The quantitative estimate of drug-likeness (QED) is 0.580. The van der Waals surface area contributed by atoms with Crippen LogP contribution in [-0.2, 0) is 29.7 Å². The normalized spacial score (nSPS) is 20.5. The topological polar surface area (TPSA) is 106 Å². The molecule has 3 atom stereocenters. The summed E-state index contributed by atoms with van der Waals surface area (Å²) in [5.41, 5.74) is 2.45. The van der Waals surface area contributed by atoms with E-state index >= 15 is 0 Å². The molecule has 2 amide bonds. The first kappa shape index (κ1) is 25.8. The fourth-order valence-electron chi connectivity index (χ4n) is 4.71. The van der Waals surface area contributed by atoms with E-state index < -0.39 is 0 Å². The number of rotatable bonds is 5. The van der Waals surface area contributed by atoms with Crippen LogP contribution in [0.1, 0.15) is 42.7 Å². The minimum Gasteiger partial charge on any atom is -0.394 e. The minimum atomic E-state index is -0.346. The molecule has 3 aromatic rings. The molecule has 1 aliphatic rings. The van der Waals surface area contributed by atoms with E-state index in [9.17, 15) is 14.7 Å². The van der Waals surface area contributed by atoms with Crippen molar-refractivity contribution in [3.63, 3.8) is 0 Å². The summed E-state index contributed by atoms with van der Waals surface area (Å²) in [4.78, 5) is 29.8. The fraction of sp³-hybridized carbons (Fsp3) is 0.538. The van der Waals surface area contributed by atoms with Crippen LogP contribution in [0.25, 0.3) is 10.9 Å². The Kier molecular flexibility index (Phi) is 8.05. The standard InChI is InChI=1S/C26H36N6O4/c1-18-14-31(19(2)16-33)25(34)6-5-10-32-22(13-27-28-32)17-36-24(18)15-30(4)26(35)21-8-7-20-9-11-29(3)23(20)12-21/h7-9,11-13,18-19,24,33H,5-6,10,14-17H2,1-4H3/t18-,19+,24-/m0/s1. The molecule has 0 bridgehead atoms. The summed E-state index contributed by atoms with van der Waals surface area (Å²) in [5.74, 6) is -0.189. The Labute approximate surface area is 211 Å². The molecule has 0 unspecified atom stereocenters. The second kappa shape index (κ2) is 11.2. The molecular weight excluding hydrogens is 460 g/mol. The number of nitrogens with zero attached hydrogens (tertiary/aromatic N) is 6. The van der Waals surface area contributed by atoms with Crippen molar-refractivity contribution in [1.29, 1.82) is 0 Å². The third-order valence-corrected chi connectivity index (χ3v) is 7.08. The molecule has 4 rings (SSSR count). The zero-order chi connectivity index (χ0) is 25.8. The number of likely N-dealkylation sites (N-methyl/N-ethyl adjacent to an activating group) is 1. The second-order valence-electron chi connectivity index (χ2n) is 9.84. The van der Waals surface area contributed by atoms with Crippen LogP contribution in [0.2, 0.25) is 0 Å². The highest BCUT2D eigenvalue weighted by Crippen LogP contribution is 2.21. The SMILES string of the molecule is C[C@H](CO)N1C[C@H](C)[C@H](CN(C)C(=O)c2ccc3ccn(C)c3c2)OCc2cnnn2CCCC1=O. The summed E-state index contributed by atoms with van der Waals surface area (Å²) in [6.07, 6.45) is 4.30. The van der Waals surface area contributed by atoms with Gasteiger partial charge < -0.3 is 24.2 Å². The van der Waals surface area contributed by atoms with Gasteiger partial charge >= 0.3 is 0 Å². The van der Waals surface area contributed by atoms with Gasteiger partial charge in [0, 0.05) is 63.3 Å². The number of benzene rings is 1. The molecule has 0 saturated carbocycles. The maximum atomic E-state index is 13.3. The summed E-state index contributed by atoms with van der Waals surface area (Å²) in [6.45, 7) is 5.40. The number of aryl methyl sites for hydroxylation is 2. The highest BCUT2D eigenvalue weighted by Gasteiger charge is 2.29. The van der Waals surface area contributed by atoms with E-state index in [2.05, 4.69) is 10.3 Å². The number of carbonyl (C=O) groups excluding carboxylic acids is 2. The Bertz CT molecular complexity index is 1200. The predicted octanol–water partition coefficient (Wildman–Crippen LogP) is 2.07. The number of aliphatic hydroxyl groups is 1. The van der Waals surface area contributed by atoms with Crippen LogP contribution in [0, 0.1) is 5.92 Å². The Balaban J connectivity index is 1.56. The molecule has 10 nitrogen and oxygen atoms in total. The minimum absolute atomic E-state index is 0.00955. The molecule has 0 fully saturated rings. The third kappa shape index (κ3) is 5.60. The van der Waals surface area contributed by atoms with Crippen molar-refractivity contribution >= 4 is 22.7 Å². The fourth-order valence-corrected chi connectivity index (χ4v) is 4.71. The van der Waals surface area contributed by atoms with E-state index in [1.54, 1.807) is 27.7 Å². The molecule has 0 saturated heterocycles. The van der Waals surface area contributed by atoms with Crippen molar-refractivity contribution < 1.29 is 19.4 Å². The zero-order valence-electron chi connectivity index (χ0n) is 21.5. The third-order valence-electron chi connectivity index (χ3n) is 7.08. The average molecular weight is 497 g/mol. The van der Waals surface area contributed by atoms with Crippen molar-refractivity contribution in [2.24, 2.45) is 13.0 Å². The van der Waals surface area contributed by atoms with Crippen molar-refractivity contribution in [3.05, 3.63) is 47.9 Å². The van der Waals surface area contributed by atoms with Crippen LogP contribution in [0.4, 0.5) is 0 Å². The lowest BCUT2D eigenvalue weighted by Crippen LogP contribution is -2.48. The first-order chi connectivity index (χ1) is 17.3. The van der Waals surface area contributed by atoms with Gasteiger partial charge in [-0.2, -0.15) is 0 Å². The molecule has 10 heteroatoms. The van der Waals surface area contributed by atoms with E-state index in [4.69, 9.17) is 4.74 Å². The summed E-state index contributed by atoms with van der Waals surface area (Å²) >= 11 is 0. The van der Waals surface area contributed by atoms with Gasteiger partial charge in [-0.1, -0.05) is 18.2 Å². The van der Waals surface area contributed by atoms with Gasteiger partial charge in [0.25, 0.3) is 5.91 Å². The number of amides is 2. The molecule has 3 heterocycles. The lowest BCUT2D eigenvalue weighted by atomic mass is 10.0. The van der Waals surface area contributed by atoms with Crippen molar-refractivity contribution in [3.8, 4) is 0 Å². The average Bonchev–Trinajstić information content (AvgIpc) is 3.48. The molecule has 0 spiro atoms. The zero-order valence-corrected chi connectivity index (χ0v) is 21.5. The van der Waals surface area contributed by atoms with Gasteiger partial charge in [0.1, 0.15) is 0 Å². The van der Waals surface area contributed by atoms with E-state index in [1.807, 2.05) is 55.9 Å². The summed E-state index contributed by atoms with van der Waals surface area (Å²) in [7, 11) is 3.73. The van der Waals surface area contributed by atoms with Gasteiger partial charge in [0.05, 0.1) is 37.3 Å². The van der Waals surface area contributed by atoms with E-state index in [1.165, 1.54) is 0 Å². The molecule has 1 aliphatic heterocycles. The van der Waals surface area contributed by atoms with Crippen LogP contribution < -0.4 is 0 Å². The summed E-state index contributed by atoms with van der Waals surface area (Å²) in [5, 5.41) is 19.0. The molecule has 1 aromatic carbocycles. The Morgan fingerprint density at radius 3 is 2.92 bits per heavy atom. The van der Waals surface area contributed by atoms with Crippen LogP contribution in [0.5, 0.6) is 0 Å². The van der Waals surface area contributed by atoms with Crippen molar-refractivity contribution in [1.82, 2.24) is 29.4 Å². The van der Waals surface area contributed by atoms with Crippen LogP contribution in [-0.4, -0.2) is 85.2 Å². The number of aliphatic hydroxyl groups excluding tert-OH is 1. The first-order valence-electron chi connectivity index (χ1n) is 12.5. The van der Waals surface area contributed by atoms with Gasteiger partial charge in [0.2, 0.25) is 5.91 Å². The van der Waals surface area contributed by atoms with E-state index in [0.29, 0.717) is 44.6 Å². The molecule has 0 radical (unpaired) electrons. The van der Waals surface area contributed by atoms with Gasteiger partial charge in [0.15, 0.2) is 0 Å². The number of fused-ring (bicyclic) bond motifs is 2. The van der Waals surface area contributed by atoms with E-state index in [-0.39, 0.29) is 36.5 Å². The number of hydrogen-bond acceptors (Lipinski definition) is 6. The Hall–Kier alpha value is -3.24. The lowest BCUT2D eigenvalue weighted by Gasteiger charge is -2.35. The molecule has 194 valence electrons. The Morgan fingerprint density at radius 1 is 1.33 bits per heavy atom. The first-order valence-corrected chi connectivity index (χ1v) is 12.5. The maximum Gasteiger partial charge on any atom is 0.253 e. The second-order valence-corrected chi connectivity index (χ2v) is 9.84. The molecule has 0 aliphatic carbocycles. The largest absolute Gasteiger partial charge is 0.394 e. The number of carbonyl (C=O) groups is 2. The number of aromatic nitrogens is 4. The highest BCUT2D eigenvalue weighted by molar-refractivity contribution is 5.98. The number of ether oxygens (including phenoxy) is 1. The predicted molar refractivity (Wildman–Crippen MR) is 135 cm³/mol. The summed E-state index contributed by atoms with van der Waals surface area (Å²) < 4.78 is 10.1. The van der Waals surface area contributed by atoms with Crippen LogP contribution in [0.3, 0.4) is 0 Å². The smallest absolute Gasteiger partial charge is 0.253 e. The molecular formula is C26H36N6O4. The van der Waals surface area contributed by atoms with Crippen LogP contribution in [0.15, 0.2) is 36.7 Å². The maximum absolute atomic E-state index is 13.3. The van der Waals surface area contributed by atoms with Gasteiger partial charge in [-0.15, -0.1) is 5.10 Å². The monoisotopic (exact) mass is 496 g/mol. The van der Waals surface area contributed by atoms with Crippen molar-refractivity contribution in [2.45, 2.75) is 52.0 Å². The summed E-state index contributed by atoms with van der Waals surface area (Å²) in [6, 6.07) is 7.43. The number of hydrogen-bond donors (Lipinski definition) is 1. The van der Waals surface area contributed by atoms with Gasteiger partial charge in [-0.3, -0.25) is 9.59 Å². The highest BCUT2D eigenvalue weighted by atomic mass is 16.5. The van der Waals surface area contributed by atoms with Gasteiger partial charge in [-0.25, -0.2) is 4.68 Å². The van der Waals surface area contributed by atoms with Crippen LogP contribution >= 0.6 is 0 Å². The van der Waals surface area contributed by atoms with Crippen molar-refractivity contribution in [2.75, 3.05) is 26.7 Å². The molecule has 2 aromatic heterocycles. The van der Waals surface area contributed by atoms with Gasteiger partial charge in [-0.05, 0) is 36.9 Å². The lowest BCUT2D eigenvalue weighted by molar-refractivity contribution is -0.136. The van der Waals surface area contributed by atoms with E-state index in [0.717, 1.165) is 16.6 Å². The molecule has 1 N–H and O–H groups in total. The Morgan fingerprint density at radius 2 is 2.14 bits per heavy atom. The molecule has 36 heavy (non-hydrogen) atoms.